The van der Waals surface area contributed by atoms with E-state index in [0.717, 1.165) is 50.9 Å². The van der Waals surface area contributed by atoms with Gasteiger partial charge < -0.3 is 9.80 Å². The highest BCUT2D eigenvalue weighted by atomic mass is 16.2. The van der Waals surface area contributed by atoms with Crippen LogP contribution >= 0.6 is 0 Å². The Morgan fingerprint density at radius 3 is 2.56 bits per heavy atom. The number of piperidine rings is 2. The average molecular weight is 364 g/mol. The Morgan fingerprint density at radius 1 is 0.963 bits per heavy atom. The van der Waals surface area contributed by atoms with Gasteiger partial charge >= 0.3 is 0 Å². The van der Waals surface area contributed by atoms with E-state index in [1.54, 1.807) is 0 Å². The van der Waals surface area contributed by atoms with Crippen molar-refractivity contribution in [2.24, 2.45) is 23.7 Å². The molecule has 1 saturated carbocycles. The molecule has 2 bridgehead atoms. The lowest BCUT2D eigenvalue weighted by atomic mass is 9.82. The van der Waals surface area contributed by atoms with Crippen molar-refractivity contribution >= 4 is 11.8 Å². The maximum atomic E-state index is 13.3. The number of amides is 2. The van der Waals surface area contributed by atoms with Crippen molar-refractivity contribution in [3.05, 3.63) is 48.0 Å². The van der Waals surface area contributed by atoms with Crippen molar-refractivity contribution in [1.29, 1.82) is 0 Å². The Labute approximate surface area is 161 Å². The Bertz CT molecular complexity index is 759. The van der Waals surface area contributed by atoms with Crippen molar-refractivity contribution in [3.8, 4) is 0 Å². The molecule has 1 aromatic carbocycles. The van der Waals surface area contributed by atoms with Gasteiger partial charge in [-0.3, -0.25) is 9.59 Å². The number of hydrogen-bond acceptors (Lipinski definition) is 2. The minimum atomic E-state index is 0.135. The molecule has 0 unspecified atom stereocenters. The smallest absolute Gasteiger partial charge is 0.253 e. The van der Waals surface area contributed by atoms with Gasteiger partial charge in [-0.2, -0.15) is 0 Å². The van der Waals surface area contributed by atoms with Crippen LogP contribution < -0.4 is 0 Å². The molecule has 142 valence electrons. The SMILES string of the molecule is O=C(c1ccccc1)N1CC[C@H]2[C@H](CCCN2C(=O)[C@@H]2C[C@@H]3C=C[C@H]2C3)C1. The van der Waals surface area contributed by atoms with Crippen LogP contribution in [-0.4, -0.2) is 47.3 Å². The first-order valence-electron chi connectivity index (χ1n) is 10.5. The second-order valence-electron chi connectivity index (χ2n) is 8.79. The minimum Gasteiger partial charge on any atom is -0.339 e. The van der Waals surface area contributed by atoms with Crippen LogP contribution in [-0.2, 0) is 4.79 Å². The van der Waals surface area contributed by atoms with Gasteiger partial charge in [0.2, 0.25) is 5.91 Å². The Morgan fingerprint density at radius 2 is 1.81 bits per heavy atom. The van der Waals surface area contributed by atoms with Crippen LogP contribution in [0.5, 0.6) is 0 Å². The van der Waals surface area contributed by atoms with Crippen molar-refractivity contribution in [2.45, 2.75) is 38.1 Å². The molecule has 4 nitrogen and oxygen atoms in total. The second-order valence-corrected chi connectivity index (χ2v) is 8.79. The summed E-state index contributed by atoms with van der Waals surface area (Å²) in [5, 5.41) is 0. The molecule has 0 aromatic heterocycles. The van der Waals surface area contributed by atoms with Crippen molar-refractivity contribution in [3.63, 3.8) is 0 Å². The zero-order chi connectivity index (χ0) is 18.4. The normalized spacial score (nSPS) is 34.6. The molecule has 5 rings (SSSR count). The zero-order valence-corrected chi connectivity index (χ0v) is 15.8. The van der Waals surface area contributed by atoms with Crippen molar-refractivity contribution < 1.29 is 9.59 Å². The number of hydrogen-bond donors (Lipinski definition) is 0. The fraction of sp³-hybridized carbons (Fsp3) is 0.565. The van der Waals surface area contributed by atoms with Crippen LogP contribution in [0.3, 0.4) is 0 Å². The van der Waals surface area contributed by atoms with E-state index in [9.17, 15) is 9.59 Å². The number of likely N-dealkylation sites (tertiary alicyclic amines) is 2. The van der Waals surface area contributed by atoms with Gasteiger partial charge in [0, 0.05) is 37.2 Å². The topological polar surface area (TPSA) is 40.6 Å². The largest absolute Gasteiger partial charge is 0.339 e. The molecule has 4 heteroatoms. The first-order chi connectivity index (χ1) is 13.2. The standard InChI is InChI=1S/C23H28N2O2/c26-22(17-5-2-1-3-6-17)24-12-10-21-19(15-24)7-4-11-25(21)23(27)20-14-16-8-9-18(20)13-16/h1-3,5-6,8-9,16,18-21H,4,7,10-15H2/t16-,18+,19-,20-,21+/m1/s1. The predicted octanol–water partition coefficient (Wildman–Crippen LogP) is 3.35. The molecule has 1 aromatic rings. The molecular weight excluding hydrogens is 336 g/mol. The Hall–Kier alpha value is -2.10. The lowest BCUT2D eigenvalue weighted by molar-refractivity contribution is -0.143. The molecule has 2 aliphatic heterocycles. The predicted molar refractivity (Wildman–Crippen MR) is 104 cm³/mol. The molecule has 0 spiro atoms. The number of allylic oxidation sites excluding steroid dienone is 2. The number of carbonyl (C=O) groups is 2. The van der Waals surface area contributed by atoms with Gasteiger partial charge in [0.25, 0.3) is 5.91 Å². The van der Waals surface area contributed by atoms with Gasteiger partial charge in [-0.25, -0.2) is 0 Å². The summed E-state index contributed by atoms with van der Waals surface area (Å²) < 4.78 is 0. The molecule has 2 amide bonds. The highest BCUT2D eigenvalue weighted by Gasteiger charge is 2.45. The van der Waals surface area contributed by atoms with E-state index in [2.05, 4.69) is 17.1 Å². The van der Waals surface area contributed by atoms with Crippen molar-refractivity contribution in [2.75, 3.05) is 19.6 Å². The Balaban J connectivity index is 1.27. The summed E-state index contributed by atoms with van der Waals surface area (Å²) in [6.07, 6.45) is 9.93. The van der Waals surface area contributed by atoms with E-state index in [0.29, 0.717) is 29.7 Å². The molecule has 0 N–H and O–H groups in total. The maximum Gasteiger partial charge on any atom is 0.253 e. The zero-order valence-electron chi connectivity index (χ0n) is 15.8. The minimum absolute atomic E-state index is 0.135. The molecule has 2 saturated heterocycles. The summed E-state index contributed by atoms with van der Waals surface area (Å²) >= 11 is 0. The molecule has 3 fully saturated rings. The quantitative estimate of drug-likeness (QED) is 0.755. The summed E-state index contributed by atoms with van der Waals surface area (Å²) in [7, 11) is 0. The second kappa shape index (κ2) is 6.81. The first kappa shape index (κ1) is 17.0. The molecule has 0 radical (unpaired) electrons. The first-order valence-corrected chi connectivity index (χ1v) is 10.5. The average Bonchev–Trinajstić information content (AvgIpc) is 3.36. The summed E-state index contributed by atoms with van der Waals surface area (Å²) in [5.41, 5.74) is 0.772. The number of rotatable bonds is 2. The van der Waals surface area contributed by atoms with Crippen LogP contribution in [0.25, 0.3) is 0 Å². The van der Waals surface area contributed by atoms with Gasteiger partial charge in [-0.15, -0.1) is 0 Å². The Kier molecular flexibility index (Phi) is 4.30. The van der Waals surface area contributed by atoms with Crippen LogP contribution in [0.1, 0.15) is 42.5 Å². The fourth-order valence-electron chi connectivity index (χ4n) is 5.90. The van der Waals surface area contributed by atoms with E-state index >= 15 is 0 Å². The van der Waals surface area contributed by atoms with E-state index in [1.165, 1.54) is 6.42 Å². The summed E-state index contributed by atoms with van der Waals surface area (Å²) in [6.45, 7) is 2.46. The van der Waals surface area contributed by atoms with E-state index < -0.39 is 0 Å². The van der Waals surface area contributed by atoms with E-state index in [-0.39, 0.29) is 11.8 Å². The van der Waals surface area contributed by atoms with Gasteiger partial charge in [0.15, 0.2) is 0 Å². The number of nitrogens with zero attached hydrogens (tertiary/aromatic N) is 2. The van der Waals surface area contributed by atoms with E-state index in [1.807, 2.05) is 35.2 Å². The van der Waals surface area contributed by atoms with Crippen LogP contribution in [0, 0.1) is 23.7 Å². The van der Waals surface area contributed by atoms with Gasteiger partial charge in [0.1, 0.15) is 0 Å². The number of benzene rings is 1. The van der Waals surface area contributed by atoms with Crippen LogP contribution in [0.15, 0.2) is 42.5 Å². The monoisotopic (exact) mass is 364 g/mol. The molecule has 4 aliphatic rings. The highest BCUT2D eigenvalue weighted by Crippen LogP contribution is 2.45. The summed E-state index contributed by atoms with van der Waals surface area (Å²) in [4.78, 5) is 30.3. The van der Waals surface area contributed by atoms with Crippen LogP contribution in [0.4, 0.5) is 0 Å². The lowest BCUT2D eigenvalue weighted by Crippen LogP contribution is -2.57. The molecule has 2 aliphatic carbocycles. The molecule has 5 atom stereocenters. The third-order valence-corrected chi connectivity index (χ3v) is 7.26. The van der Waals surface area contributed by atoms with Gasteiger partial charge in [0.05, 0.1) is 0 Å². The van der Waals surface area contributed by atoms with Gasteiger partial charge in [-0.1, -0.05) is 30.4 Å². The summed E-state index contributed by atoms with van der Waals surface area (Å²) in [6, 6.07) is 9.91. The maximum absolute atomic E-state index is 13.3. The molecular formula is C23H28N2O2. The van der Waals surface area contributed by atoms with E-state index in [4.69, 9.17) is 0 Å². The third-order valence-electron chi connectivity index (χ3n) is 7.26. The van der Waals surface area contributed by atoms with Crippen molar-refractivity contribution in [1.82, 2.24) is 9.80 Å². The van der Waals surface area contributed by atoms with Gasteiger partial charge in [-0.05, 0) is 62.0 Å². The van der Waals surface area contributed by atoms with Crippen LogP contribution in [0.2, 0.25) is 0 Å². The summed E-state index contributed by atoms with van der Waals surface area (Å²) in [5.74, 6) is 2.28. The third kappa shape index (κ3) is 2.99. The molecule has 2 heterocycles. The number of fused-ring (bicyclic) bond motifs is 3. The highest BCUT2D eigenvalue weighted by molar-refractivity contribution is 5.94. The molecule has 27 heavy (non-hydrogen) atoms. The lowest BCUT2D eigenvalue weighted by Gasteiger charge is -2.48. The fourth-order valence-corrected chi connectivity index (χ4v) is 5.90. The number of carbonyl (C=O) groups excluding carboxylic acids is 2.